The molecule has 3 rings (SSSR count). The molecule has 0 saturated heterocycles. The highest BCUT2D eigenvalue weighted by Crippen LogP contribution is 2.33. The van der Waals surface area contributed by atoms with E-state index >= 15 is 0 Å². The first kappa shape index (κ1) is 12.9. The molecule has 0 saturated carbocycles. The van der Waals surface area contributed by atoms with Gasteiger partial charge in [0.2, 0.25) is 5.95 Å². The summed E-state index contributed by atoms with van der Waals surface area (Å²) in [5, 5.41) is 2.70. The average Bonchev–Trinajstić information content (AvgIpc) is 2.70. The number of benzene rings is 1. The Labute approximate surface area is 121 Å². The number of alkyl halides is 1. The third kappa shape index (κ3) is 2.22. The van der Waals surface area contributed by atoms with Crippen molar-refractivity contribution in [3.05, 3.63) is 46.0 Å². The molecule has 8 heteroatoms. The van der Waals surface area contributed by atoms with Gasteiger partial charge in [-0.1, -0.05) is 12.1 Å². The Bertz CT molecular complexity index is 702. The van der Waals surface area contributed by atoms with Crippen LogP contribution in [0, 0.1) is 5.82 Å². The minimum Gasteiger partial charge on any atom is -0.369 e. The first-order valence-electron chi connectivity index (χ1n) is 5.86. The molecule has 4 N–H and O–H groups in total. The van der Waals surface area contributed by atoms with Crippen molar-refractivity contribution in [2.24, 2.45) is 0 Å². The number of fused-ring (bicyclic) bond motifs is 1. The van der Waals surface area contributed by atoms with Gasteiger partial charge in [-0.25, -0.2) is 4.39 Å². The van der Waals surface area contributed by atoms with Crippen LogP contribution in [0.3, 0.4) is 0 Å². The molecule has 0 radical (unpaired) electrons. The SMILES string of the molecule is Nc1nc2c(c(=O)[nH]1)NC(Br)N2Cc1ccc(F)cc1. The number of nitrogen functional groups attached to an aromatic ring is 1. The number of nitrogens with two attached hydrogens (primary N) is 1. The van der Waals surface area contributed by atoms with Crippen molar-refractivity contribution in [3.63, 3.8) is 0 Å². The fourth-order valence-corrected chi connectivity index (χ4v) is 2.63. The number of hydrogen-bond acceptors (Lipinski definition) is 5. The Morgan fingerprint density at radius 3 is 2.80 bits per heavy atom. The van der Waals surface area contributed by atoms with E-state index in [2.05, 4.69) is 31.2 Å². The van der Waals surface area contributed by atoms with Gasteiger partial charge in [0, 0.05) is 6.54 Å². The van der Waals surface area contributed by atoms with Crippen LogP contribution < -0.4 is 21.5 Å². The average molecular weight is 340 g/mol. The van der Waals surface area contributed by atoms with Crippen LogP contribution >= 0.6 is 15.9 Å². The van der Waals surface area contributed by atoms with Gasteiger partial charge in [-0.2, -0.15) is 4.98 Å². The van der Waals surface area contributed by atoms with Crippen LogP contribution in [0.2, 0.25) is 0 Å². The van der Waals surface area contributed by atoms with Crippen molar-refractivity contribution in [1.82, 2.24) is 9.97 Å². The summed E-state index contributed by atoms with van der Waals surface area (Å²) >= 11 is 3.42. The molecule has 1 aliphatic heterocycles. The van der Waals surface area contributed by atoms with E-state index in [9.17, 15) is 9.18 Å². The first-order chi connectivity index (χ1) is 9.54. The fourth-order valence-electron chi connectivity index (χ4n) is 2.06. The third-order valence-electron chi connectivity index (χ3n) is 2.99. The van der Waals surface area contributed by atoms with E-state index in [1.54, 1.807) is 12.1 Å². The van der Waals surface area contributed by atoms with Gasteiger partial charge in [-0.3, -0.25) is 9.78 Å². The van der Waals surface area contributed by atoms with E-state index in [0.717, 1.165) is 5.56 Å². The van der Waals surface area contributed by atoms with Gasteiger partial charge in [0.1, 0.15) is 11.5 Å². The molecule has 0 fully saturated rings. The number of anilines is 3. The molecular formula is C12H11BrFN5O. The van der Waals surface area contributed by atoms with Crippen LogP contribution in [0.25, 0.3) is 0 Å². The third-order valence-corrected chi connectivity index (χ3v) is 3.72. The highest BCUT2D eigenvalue weighted by atomic mass is 79.9. The van der Waals surface area contributed by atoms with E-state index < -0.39 is 0 Å². The maximum Gasteiger partial charge on any atom is 0.277 e. The molecule has 104 valence electrons. The molecule has 20 heavy (non-hydrogen) atoms. The molecule has 2 aromatic rings. The standard InChI is InChI=1S/C12H11BrFN5O/c13-11-16-8-9(17-12(15)18-10(8)20)19(11)5-6-1-3-7(14)4-2-6/h1-4,11,16H,5H2,(H3,15,17,18,20). The molecule has 1 aromatic heterocycles. The van der Waals surface area contributed by atoms with E-state index in [4.69, 9.17) is 5.73 Å². The van der Waals surface area contributed by atoms with Crippen LogP contribution in [0.5, 0.6) is 0 Å². The minimum absolute atomic E-state index is 0.0567. The predicted molar refractivity (Wildman–Crippen MR) is 78.2 cm³/mol. The number of aromatic nitrogens is 2. The first-order valence-corrected chi connectivity index (χ1v) is 6.77. The molecule has 1 aromatic carbocycles. The zero-order valence-electron chi connectivity index (χ0n) is 10.2. The van der Waals surface area contributed by atoms with Crippen LogP contribution in [0.1, 0.15) is 5.56 Å². The maximum atomic E-state index is 12.9. The lowest BCUT2D eigenvalue weighted by molar-refractivity contribution is 0.626. The molecule has 0 aliphatic carbocycles. The van der Waals surface area contributed by atoms with Crippen molar-refractivity contribution >= 4 is 33.4 Å². The molecule has 1 aliphatic rings. The Morgan fingerprint density at radius 2 is 2.10 bits per heavy atom. The second kappa shape index (κ2) is 4.78. The number of halogens is 2. The minimum atomic E-state index is -0.321. The van der Waals surface area contributed by atoms with Gasteiger partial charge in [-0.15, -0.1) is 0 Å². The lowest BCUT2D eigenvalue weighted by Crippen LogP contribution is -2.30. The smallest absolute Gasteiger partial charge is 0.277 e. The van der Waals surface area contributed by atoms with Gasteiger partial charge >= 0.3 is 0 Å². The predicted octanol–water partition coefficient (Wildman–Crippen LogP) is 1.60. The second-order valence-corrected chi connectivity index (χ2v) is 5.25. The number of aromatic amines is 1. The zero-order chi connectivity index (χ0) is 14.3. The lowest BCUT2D eigenvalue weighted by Gasteiger charge is -2.21. The van der Waals surface area contributed by atoms with Crippen molar-refractivity contribution in [1.29, 1.82) is 0 Å². The molecule has 1 unspecified atom stereocenters. The van der Waals surface area contributed by atoms with Crippen molar-refractivity contribution in [2.75, 3.05) is 16.0 Å². The summed E-state index contributed by atoms with van der Waals surface area (Å²) in [6.45, 7) is 0.464. The summed E-state index contributed by atoms with van der Waals surface area (Å²) in [6.07, 6.45) is 0. The molecule has 2 heterocycles. The number of nitrogens with one attached hydrogen (secondary N) is 2. The second-order valence-electron chi connectivity index (χ2n) is 4.38. The molecule has 6 nitrogen and oxygen atoms in total. The number of rotatable bonds is 2. The zero-order valence-corrected chi connectivity index (χ0v) is 11.8. The number of hydrogen-bond donors (Lipinski definition) is 3. The lowest BCUT2D eigenvalue weighted by atomic mass is 10.2. The van der Waals surface area contributed by atoms with Crippen molar-refractivity contribution < 1.29 is 4.39 Å². The normalized spacial score (nSPS) is 16.9. The van der Waals surface area contributed by atoms with Crippen LogP contribution in [-0.2, 0) is 6.54 Å². The largest absolute Gasteiger partial charge is 0.369 e. The Kier molecular flexibility index (Phi) is 3.09. The van der Waals surface area contributed by atoms with Gasteiger partial charge in [0.25, 0.3) is 5.56 Å². The number of nitrogens with zero attached hydrogens (tertiary/aromatic N) is 2. The summed E-state index contributed by atoms with van der Waals surface area (Å²) in [5.74, 6) is 0.238. The summed E-state index contributed by atoms with van der Waals surface area (Å²) in [5.41, 5.74) is 6.50. The van der Waals surface area contributed by atoms with Gasteiger partial charge in [0.15, 0.2) is 10.9 Å². The highest BCUT2D eigenvalue weighted by molar-refractivity contribution is 9.09. The van der Waals surface area contributed by atoms with E-state index in [1.165, 1.54) is 12.1 Å². The molecular weight excluding hydrogens is 329 g/mol. The Hall–Kier alpha value is -2.09. The maximum absolute atomic E-state index is 12.9. The molecule has 1 atom stereocenters. The van der Waals surface area contributed by atoms with Crippen LogP contribution in [0.4, 0.5) is 21.8 Å². The van der Waals surface area contributed by atoms with Gasteiger partial charge < -0.3 is 16.0 Å². The van der Waals surface area contributed by atoms with Crippen molar-refractivity contribution in [2.45, 2.75) is 11.6 Å². The monoisotopic (exact) mass is 339 g/mol. The van der Waals surface area contributed by atoms with E-state index in [-0.39, 0.29) is 22.4 Å². The van der Waals surface area contributed by atoms with Gasteiger partial charge in [0.05, 0.1) is 0 Å². The molecule has 0 bridgehead atoms. The van der Waals surface area contributed by atoms with Crippen LogP contribution in [0.15, 0.2) is 29.1 Å². The quantitative estimate of drug-likeness (QED) is 0.571. The summed E-state index contributed by atoms with van der Waals surface area (Å²) in [7, 11) is 0. The highest BCUT2D eigenvalue weighted by Gasteiger charge is 2.30. The Morgan fingerprint density at radius 1 is 1.40 bits per heavy atom. The van der Waals surface area contributed by atoms with E-state index in [0.29, 0.717) is 18.1 Å². The summed E-state index contributed by atoms with van der Waals surface area (Å²) in [6, 6.07) is 6.15. The number of H-pyrrole nitrogens is 1. The van der Waals surface area contributed by atoms with E-state index in [1.807, 2.05) is 4.90 Å². The van der Waals surface area contributed by atoms with Gasteiger partial charge in [-0.05, 0) is 33.6 Å². The molecule has 0 spiro atoms. The summed E-state index contributed by atoms with van der Waals surface area (Å²) in [4.78, 5) is 20.2. The van der Waals surface area contributed by atoms with Crippen LogP contribution in [-0.4, -0.2) is 15.0 Å². The molecule has 0 amide bonds. The summed E-state index contributed by atoms with van der Waals surface area (Å²) < 4.78 is 12.9. The topological polar surface area (TPSA) is 87.0 Å². The Balaban J connectivity index is 1.96. The fraction of sp³-hybridized carbons (Fsp3) is 0.167. The van der Waals surface area contributed by atoms with Crippen molar-refractivity contribution in [3.8, 4) is 0 Å².